The number of fused-ring (bicyclic) bond motifs is 1. The lowest BCUT2D eigenvalue weighted by atomic mass is 10.2. The molecule has 6 heteroatoms. The van der Waals surface area contributed by atoms with Crippen LogP contribution >= 0.6 is 0 Å². The molecule has 28 heavy (non-hydrogen) atoms. The summed E-state index contributed by atoms with van der Waals surface area (Å²) >= 11 is 0. The molecule has 4 aromatic rings. The van der Waals surface area contributed by atoms with Crippen molar-refractivity contribution in [3.8, 4) is 11.8 Å². The zero-order valence-electron chi connectivity index (χ0n) is 15.3. The minimum absolute atomic E-state index is 0.205. The van der Waals surface area contributed by atoms with Crippen LogP contribution in [0.3, 0.4) is 0 Å². The molecule has 6 nitrogen and oxygen atoms in total. The van der Waals surface area contributed by atoms with Gasteiger partial charge in [-0.05, 0) is 17.0 Å². The van der Waals surface area contributed by atoms with Crippen LogP contribution in [-0.2, 0) is 20.0 Å². The van der Waals surface area contributed by atoms with Crippen molar-refractivity contribution in [1.82, 2.24) is 19.1 Å². The van der Waals surface area contributed by atoms with Crippen LogP contribution in [0.25, 0.3) is 11.2 Å². The Morgan fingerprint density at radius 3 is 2.29 bits per heavy atom. The molecule has 0 aliphatic carbocycles. The van der Waals surface area contributed by atoms with Gasteiger partial charge >= 0.3 is 5.69 Å². The Kier molecular flexibility index (Phi) is 4.65. The number of imidazole rings is 1. The predicted molar refractivity (Wildman–Crippen MR) is 108 cm³/mol. The Morgan fingerprint density at radius 2 is 1.61 bits per heavy atom. The third-order valence-electron chi connectivity index (χ3n) is 4.50. The summed E-state index contributed by atoms with van der Waals surface area (Å²) in [5.41, 5.74) is 1.76. The highest BCUT2D eigenvalue weighted by Crippen LogP contribution is 2.06. The summed E-state index contributed by atoms with van der Waals surface area (Å²) in [5, 5.41) is 0. The summed E-state index contributed by atoms with van der Waals surface area (Å²) in [7, 11) is 1.60. The minimum Gasteiger partial charge on any atom is -0.325 e. The highest BCUT2D eigenvalue weighted by Gasteiger charge is 2.15. The summed E-state index contributed by atoms with van der Waals surface area (Å²) in [6, 6.07) is 19.3. The van der Waals surface area contributed by atoms with E-state index in [0.717, 1.165) is 11.1 Å². The van der Waals surface area contributed by atoms with E-state index in [2.05, 4.69) is 21.8 Å². The van der Waals surface area contributed by atoms with Crippen molar-refractivity contribution in [1.29, 1.82) is 0 Å². The van der Waals surface area contributed by atoms with Crippen molar-refractivity contribution in [2.45, 2.75) is 13.0 Å². The third-order valence-corrected chi connectivity index (χ3v) is 4.50. The van der Waals surface area contributed by atoms with E-state index in [4.69, 9.17) is 0 Å². The molecule has 4 rings (SSSR count). The number of nitrogens with one attached hydrogen (secondary N) is 1. The lowest BCUT2D eigenvalue weighted by Crippen LogP contribution is -2.39. The third kappa shape index (κ3) is 3.38. The van der Waals surface area contributed by atoms with E-state index in [1.54, 1.807) is 7.05 Å². The van der Waals surface area contributed by atoms with Gasteiger partial charge in [-0.1, -0.05) is 66.6 Å². The highest BCUT2D eigenvalue weighted by atomic mass is 16.2. The molecule has 2 heterocycles. The molecule has 0 fully saturated rings. The summed E-state index contributed by atoms with van der Waals surface area (Å²) in [6.07, 6.45) is 0.578. The number of nitrogens with zero attached hydrogens (tertiary/aromatic N) is 3. The van der Waals surface area contributed by atoms with Gasteiger partial charge in [0, 0.05) is 13.5 Å². The molecule has 2 aromatic carbocycles. The van der Waals surface area contributed by atoms with Gasteiger partial charge in [0.05, 0.1) is 6.54 Å². The smallest absolute Gasteiger partial charge is 0.325 e. The molecular weight excluding hydrogens is 352 g/mol. The van der Waals surface area contributed by atoms with Crippen LogP contribution in [0.5, 0.6) is 0 Å². The zero-order valence-corrected chi connectivity index (χ0v) is 15.3. The van der Waals surface area contributed by atoms with Gasteiger partial charge in [0.1, 0.15) is 0 Å². The van der Waals surface area contributed by atoms with Crippen molar-refractivity contribution in [2.24, 2.45) is 7.05 Å². The van der Waals surface area contributed by atoms with Gasteiger partial charge in [0.15, 0.2) is 17.0 Å². The van der Waals surface area contributed by atoms with Crippen molar-refractivity contribution in [3.05, 3.63) is 98.5 Å². The Labute approximate surface area is 161 Å². The second kappa shape index (κ2) is 7.41. The fourth-order valence-corrected chi connectivity index (χ4v) is 3.04. The largest absolute Gasteiger partial charge is 0.332 e. The maximum absolute atomic E-state index is 12.8. The number of aryl methyl sites for hydroxylation is 1. The quantitative estimate of drug-likeness (QED) is 0.561. The zero-order chi connectivity index (χ0) is 19.5. The van der Waals surface area contributed by atoms with E-state index in [-0.39, 0.29) is 12.1 Å². The van der Waals surface area contributed by atoms with Crippen molar-refractivity contribution >= 4 is 11.2 Å². The minimum atomic E-state index is -0.406. The Bertz CT molecular complexity index is 1300. The Balaban J connectivity index is 1.72. The van der Waals surface area contributed by atoms with Crippen molar-refractivity contribution in [3.63, 3.8) is 0 Å². The fraction of sp³-hybridized carbons (Fsp3) is 0.136. The van der Waals surface area contributed by atoms with Gasteiger partial charge in [-0.3, -0.25) is 13.9 Å². The molecule has 0 unspecified atom stereocenters. The monoisotopic (exact) mass is 370 g/mol. The first-order valence-corrected chi connectivity index (χ1v) is 8.90. The lowest BCUT2D eigenvalue weighted by molar-refractivity contribution is 0.657. The molecular formula is C22H18N4O2. The fourth-order valence-electron chi connectivity index (χ4n) is 3.04. The van der Waals surface area contributed by atoms with Crippen LogP contribution in [0.4, 0.5) is 0 Å². The molecule has 1 N–H and O–H groups in total. The standard InChI is InChI=1S/C22H18N4O2/c1-25-20-19(21(27)26(22(25)28)15-17-11-6-3-7-12-17)23-18(24-20)14-8-13-16-9-4-2-5-10-16/h2-7,9-12H,13,15H2,1H3,(H,23,24). The second-order valence-electron chi connectivity index (χ2n) is 6.47. The van der Waals surface area contributed by atoms with Crippen LogP contribution in [0.1, 0.15) is 17.0 Å². The topological polar surface area (TPSA) is 72.7 Å². The van der Waals surface area contributed by atoms with E-state index >= 15 is 0 Å². The number of benzene rings is 2. The molecule has 0 aliphatic heterocycles. The van der Waals surface area contributed by atoms with E-state index in [0.29, 0.717) is 17.9 Å². The SMILES string of the molecule is Cn1c(=O)n(Cc2ccccc2)c(=O)c2[nH]c(C#CCc3ccccc3)nc21. The van der Waals surface area contributed by atoms with Crippen LogP contribution < -0.4 is 11.2 Å². The van der Waals surface area contributed by atoms with Gasteiger partial charge < -0.3 is 4.98 Å². The van der Waals surface area contributed by atoms with Gasteiger partial charge in [0.25, 0.3) is 5.56 Å². The lowest BCUT2D eigenvalue weighted by Gasteiger charge is -2.07. The molecule has 138 valence electrons. The van der Waals surface area contributed by atoms with Crippen molar-refractivity contribution < 1.29 is 0 Å². The number of aromatic nitrogens is 4. The molecule has 0 saturated carbocycles. The maximum atomic E-state index is 12.8. The average molecular weight is 370 g/mol. The first-order valence-electron chi connectivity index (χ1n) is 8.90. The number of rotatable bonds is 3. The molecule has 0 spiro atoms. The van der Waals surface area contributed by atoms with Crippen LogP contribution in [0.15, 0.2) is 70.3 Å². The van der Waals surface area contributed by atoms with Crippen LogP contribution in [-0.4, -0.2) is 19.1 Å². The van der Waals surface area contributed by atoms with Gasteiger partial charge in [-0.15, -0.1) is 0 Å². The van der Waals surface area contributed by atoms with Gasteiger partial charge in [-0.2, -0.15) is 0 Å². The van der Waals surface area contributed by atoms with Gasteiger partial charge in [0.2, 0.25) is 0 Å². The Hall–Kier alpha value is -3.85. The number of hydrogen-bond acceptors (Lipinski definition) is 3. The molecule has 0 aliphatic rings. The molecule has 2 aromatic heterocycles. The highest BCUT2D eigenvalue weighted by molar-refractivity contribution is 5.70. The van der Waals surface area contributed by atoms with Crippen LogP contribution in [0.2, 0.25) is 0 Å². The molecule has 0 radical (unpaired) electrons. The summed E-state index contributed by atoms with van der Waals surface area (Å²) in [6.45, 7) is 0.205. The molecule has 0 saturated heterocycles. The first-order chi connectivity index (χ1) is 13.6. The number of H-pyrrole nitrogens is 1. The predicted octanol–water partition coefficient (Wildman–Crippen LogP) is 2.07. The first kappa shape index (κ1) is 17.6. The number of hydrogen-bond donors (Lipinski definition) is 1. The number of aromatic amines is 1. The normalized spacial score (nSPS) is 10.6. The Morgan fingerprint density at radius 1 is 0.964 bits per heavy atom. The van der Waals surface area contributed by atoms with E-state index in [9.17, 15) is 9.59 Å². The van der Waals surface area contributed by atoms with Crippen LogP contribution in [0, 0.1) is 11.8 Å². The van der Waals surface area contributed by atoms with E-state index in [1.807, 2.05) is 60.7 Å². The summed E-state index contributed by atoms with van der Waals surface area (Å²) in [5.74, 6) is 6.36. The van der Waals surface area contributed by atoms with Gasteiger partial charge in [-0.25, -0.2) is 9.78 Å². The molecule has 0 bridgehead atoms. The second-order valence-corrected chi connectivity index (χ2v) is 6.47. The summed E-state index contributed by atoms with van der Waals surface area (Å²) < 4.78 is 2.58. The van der Waals surface area contributed by atoms with Crippen molar-refractivity contribution in [2.75, 3.05) is 0 Å². The molecule has 0 atom stereocenters. The molecule has 0 amide bonds. The average Bonchev–Trinajstić information content (AvgIpc) is 3.16. The maximum Gasteiger partial charge on any atom is 0.332 e. The van der Waals surface area contributed by atoms with E-state index in [1.165, 1.54) is 9.13 Å². The summed E-state index contributed by atoms with van der Waals surface area (Å²) in [4.78, 5) is 32.8. The van der Waals surface area contributed by atoms with E-state index < -0.39 is 11.2 Å².